The molecule has 1 amide bonds. The van der Waals surface area contributed by atoms with Crippen molar-refractivity contribution in [2.24, 2.45) is 0 Å². The van der Waals surface area contributed by atoms with E-state index in [0.29, 0.717) is 17.0 Å². The number of pyridine rings is 1. The molecule has 10 nitrogen and oxygen atoms in total. The molecule has 3 aromatic rings. The zero-order chi connectivity index (χ0) is 25.2. The lowest BCUT2D eigenvalue weighted by molar-refractivity contribution is -0.117. The number of rotatable bonds is 6. The summed E-state index contributed by atoms with van der Waals surface area (Å²) in [5.41, 5.74) is 0.00684. The zero-order valence-electron chi connectivity index (χ0n) is 19.0. The first-order valence-electron chi connectivity index (χ1n) is 10.7. The first-order valence-corrected chi connectivity index (χ1v) is 12.5. The van der Waals surface area contributed by atoms with Crippen molar-refractivity contribution in [3.63, 3.8) is 0 Å². The number of fused-ring (bicyclic) bond motifs is 1. The quantitative estimate of drug-likeness (QED) is 0.405. The Balaban J connectivity index is 1.81. The number of nitriles is 1. The van der Waals surface area contributed by atoms with Crippen molar-refractivity contribution in [3.8, 4) is 23.4 Å². The Morgan fingerprint density at radius 1 is 1.26 bits per heavy atom. The fourth-order valence-corrected chi connectivity index (χ4v) is 5.44. The molecular formula is C24H22N4O6S. The number of aromatic nitrogens is 2. The van der Waals surface area contributed by atoms with Crippen LogP contribution < -0.4 is 20.3 Å². The van der Waals surface area contributed by atoms with Gasteiger partial charge < -0.3 is 14.8 Å². The summed E-state index contributed by atoms with van der Waals surface area (Å²) < 4.78 is 36.0. The molecule has 1 fully saturated rings. The van der Waals surface area contributed by atoms with E-state index < -0.39 is 27.3 Å². The number of aryl methyl sites for hydroxylation is 1. The van der Waals surface area contributed by atoms with Crippen LogP contribution in [0.5, 0.6) is 17.4 Å². The molecule has 11 heteroatoms. The fraction of sp³-hybridized carbons (Fsp3) is 0.250. The van der Waals surface area contributed by atoms with Gasteiger partial charge in [0.05, 0.1) is 18.6 Å². The normalized spacial score (nSPS) is 17.1. The van der Waals surface area contributed by atoms with E-state index in [9.17, 15) is 23.3 Å². The molecule has 180 valence electrons. The summed E-state index contributed by atoms with van der Waals surface area (Å²) in [6.07, 6.45) is 2.89. The van der Waals surface area contributed by atoms with Crippen LogP contribution in [0.2, 0.25) is 0 Å². The predicted octanol–water partition coefficient (Wildman–Crippen LogP) is 2.01. The molecule has 1 N–H and O–H groups in total. The molecule has 0 radical (unpaired) electrons. The number of benzene rings is 1. The maximum Gasteiger partial charge on any atom is 0.269 e. The SMILES string of the molecule is COc1ccccc1Oc1nc2c(C)cccn2c(=O)c1/C=C(/C#N)C(=O)N[C@@H]1CCS(=O)(=O)C1. The van der Waals surface area contributed by atoms with Gasteiger partial charge in [-0.3, -0.25) is 14.0 Å². The molecule has 0 bridgehead atoms. The summed E-state index contributed by atoms with van der Waals surface area (Å²) in [6.45, 7) is 1.79. The third-order valence-electron chi connectivity index (χ3n) is 5.55. The summed E-state index contributed by atoms with van der Waals surface area (Å²) in [5.74, 6) is -0.442. The maximum absolute atomic E-state index is 13.4. The molecule has 1 atom stereocenters. The third kappa shape index (κ3) is 5.02. The van der Waals surface area contributed by atoms with Gasteiger partial charge in [-0.2, -0.15) is 10.2 Å². The van der Waals surface area contributed by atoms with Gasteiger partial charge in [0.1, 0.15) is 22.9 Å². The van der Waals surface area contributed by atoms with Crippen molar-refractivity contribution < 1.29 is 22.7 Å². The van der Waals surface area contributed by atoms with Gasteiger partial charge in [0.2, 0.25) is 5.88 Å². The van der Waals surface area contributed by atoms with E-state index in [1.807, 2.05) is 0 Å². The highest BCUT2D eigenvalue weighted by Gasteiger charge is 2.30. The van der Waals surface area contributed by atoms with E-state index in [-0.39, 0.29) is 40.7 Å². The number of methoxy groups -OCH3 is 1. The highest BCUT2D eigenvalue weighted by Crippen LogP contribution is 2.32. The van der Waals surface area contributed by atoms with Crippen LogP contribution in [0.4, 0.5) is 0 Å². The second-order valence-electron chi connectivity index (χ2n) is 8.02. The number of nitrogens with one attached hydrogen (secondary N) is 1. The van der Waals surface area contributed by atoms with Crippen molar-refractivity contribution in [2.75, 3.05) is 18.6 Å². The van der Waals surface area contributed by atoms with Crippen LogP contribution in [0.15, 0.2) is 53.0 Å². The number of sulfone groups is 1. The number of amides is 1. The Labute approximate surface area is 201 Å². The van der Waals surface area contributed by atoms with E-state index in [1.54, 1.807) is 49.4 Å². The number of para-hydroxylation sites is 2. The third-order valence-corrected chi connectivity index (χ3v) is 7.31. The van der Waals surface area contributed by atoms with Crippen LogP contribution in [0.1, 0.15) is 17.5 Å². The van der Waals surface area contributed by atoms with Gasteiger partial charge in [-0.15, -0.1) is 0 Å². The van der Waals surface area contributed by atoms with Crippen molar-refractivity contribution >= 4 is 27.5 Å². The van der Waals surface area contributed by atoms with Gasteiger partial charge in [-0.05, 0) is 43.2 Å². The molecule has 2 aromatic heterocycles. The molecule has 3 heterocycles. The average molecular weight is 495 g/mol. The first kappa shape index (κ1) is 24.0. The standard InChI is InChI=1S/C24H22N4O6S/c1-15-6-5-10-28-21(15)27-23(34-20-8-4-3-7-19(20)33-2)18(24(28)30)12-16(13-25)22(29)26-17-9-11-35(31,32)14-17/h3-8,10,12,17H,9,11,14H2,1-2H3,(H,26,29)/b16-12-/t17-/m1/s1. The largest absolute Gasteiger partial charge is 0.493 e. The van der Waals surface area contributed by atoms with E-state index in [4.69, 9.17) is 9.47 Å². The second kappa shape index (κ2) is 9.60. The molecule has 1 saturated heterocycles. The smallest absolute Gasteiger partial charge is 0.269 e. The lowest BCUT2D eigenvalue weighted by Gasteiger charge is -2.14. The zero-order valence-corrected chi connectivity index (χ0v) is 19.8. The van der Waals surface area contributed by atoms with Crippen LogP contribution in [-0.4, -0.2) is 48.4 Å². The Morgan fingerprint density at radius 3 is 2.66 bits per heavy atom. The minimum absolute atomic E-state index is 0.0320. The lowest BCUT2D eigenvalue weighted by Crippen LogP contribution is -2.36. The maximum atomic E-state index is 13.4. The number of hydrogen-bond donors (Lipinski definition) is 1. The van der Waals surface area contributed by atoms with Gasteiger partial charge in [0, 0.05) is 12.2 Å². The summed E-state index contributed by atoms with van der Waals surface area (Å²) in [7, 11) is -1.76. The van der Waals surface area contributed by atoms with E-state index in [2.05, 4.69) is 10.3 Å². The molecule has 0 aliphatic carbocycles. The van der Waals surface area contributed by atoms with Gasteiger partial charge >= 0.3 is 0 Å². The number of carbonyl (C=O) groups excluding carboxylic acids is 1. The van der Waals surface area contributed by atoms with Gasteiger partial charge in [0.25, 0.3) is 11.5 Å². The lowest BCUT2D eigenvalue weighted by atomic mass is 10.1. The van der Waals surface area contributed by atoms with Crippen molar-refractivity contribution in [2.45, 2.75) is 19.4 Å². The van der Waals surface area contributed by atoms with E-state index >= 15 is 0 Å². The van der Waals surface area contributed by atoms with Crippen LogP contribution in [-0.2, 0) is 14.6 Å². The van der Waals surface area contributed by atoms with Crippen LogP contribution in [0, 0.1) is 18.3 Å². The van der Waals surface area contributed by atoms with E-state index in [0.717, 1.165) is 6.08 Å². The van der Waals surface area contributed by atoms with Gasteiger partial charge in [-0.1, -0.05) is 18.2 Å². The Bertz CT molecular complexity index is 1550. The van der Waals surface area contributed by atoms with E-state index in [1.165, 1.54) is 17.7 Å². The number of hydrogen-bond acceptors (Lipinski definition) is 8. The first-order chi connectivity index (χ1) is 16.7. The van der Waals surface area contributed by atoms with Crippen LogP contribution in [0.3, 0.4) is 0 Å². The monoisotopic (exact) mass is 494 g/mol. The van der Waals surface area contributed by atoms with Crippen LogP contribution in [0.25, 0.3) is 11.7 Å². The van der Waals surface area contributed by atoms with Gasteiger partial charge in [0.15, 0.2) is 21.3 Å². The molecule has 1 aliphatic heterocycles. The number of ether oxygens (including phenoxy) is 2. The minimum atomic E-state index is -3.23. The summed E-state index contributed by atoms with van der Waals surface area (Å²) in [4.78, 5) is 30.6. The second-order valence-corrected chi connectivity index (χ2v) is 10.2. The Hall–Kier alpha value is -4.17. The molecule has 4 rings (SSSR count). The highest BCUT2D eigenvalue weighted by molar-refractivity contribution is 7.91. The van der Waals surface area contributed by atoms with Crippen molar-refractivity contribution in [3.05, 3.63) is 69.6 Å². The van der Waals surface area contributed by atoms with Crippen molar-refractivity contribution in [1.82, 2.24) is 14.7 Å². The van der Waals surface area contributed by atoms with Crippen LogP contribution >= 0.6 is 0 Å². The molecule has 1 aromatic carbocycles. The molecule has 1 aliphatic rings. The average Bonchev–Trinajstić information content (AvgIpc) is 3.17. The summed E-state index contributed by atoms with van der Waals surface area (Å²) in [5, 5.41) is 12.2. The summed E-state index contributed by atoms with van der Waals surface area (Å²) >= 11 is 0. The molecule has 35 heavy (non-hydrogen) atoms. The topological polar surface area (TPSA) is 140 Å². The van der Waals surface area contributed by atoms with Gasteiger partial charge in [-0.25, -0.2) is 8.42 Å². The highest BCUT2D eigenvalue weighted by atomic mass is 32.2. The number of nitrogens with zero attached hydrogens (tertiary/aromatic N) is 3. The molecule has 0 spiro atoms. The number of carbonyl (C=O) groups is 1. The molecular weight excluding hydrogens is 472 g/mol. The summed E-state index contributed by atoms with van der Waals surface area (Å²) in [6, 6.07) is 11.4. The molecule has 0 unspecified atom stereocenters. The molecule has 0 saturated carbocycles. The Morgan fingerprint density at radius 2 is 2.00 bits per heavy atom. The fourth-order valence-electron chi connectivity index (χ4n) is 3.77. The Kier molecular flexibility index (Phi) is 6.57. The predicted molar refractivity (Wildman–Crippen MR) is 128 cm³/mol. The van der Waals surface area contributed by atoms with Crippen molar-refractivity contribution in [1.29, 1.82) is 5.26 Å². The minimum Gasteiger partial charge on any atom is -0.493 e.